The highest BCUT2D eigenvalue weighted by Crippen LogP contribution is 2.47. The molecule has 0 radical (unpaired) electrons. The summed E-state index contributed by atoms with van der Waals surface area (Å²) in [7, 11) is -12.4. The number of aromatic nitrogens is 9. The minimum absolute atomic E-state index is 0.479. The third kappa shape index (κ3) is 20.4. The van der Waals surface area contributed by atoms with Crippen LogP contribution < -0.4 is 0 Å². The highest BCUT2D eigenvalue weighted by molar-refractivity contribution is 6.93. The van der Waals surface area contributed by atoms with Crippen molar-refractivity contribution in [2.24, 2.45) is 0 Å². The van der Waals surface area contributed by atoms with E-state index in [0.717, 1.165) is 66.8 Å². The Morgan fingerprint density at radius 1 is 0.211 bits per heavy atom. The number of hydrogen-bond donors (Lipinski definition) is 0. The van der Waals surface area contributed by atoms with Gasteiger partial charge in [0.05, 0.1) is 38.2 Å². The van der Waals surface area contributed by atoms with Crippen LogP contribution in [0.4, 0.5) is 0 Å². The fourth-order valence-electron chi connectivity index (χ4n) is 21.6. The molecule has 0 spiro atoms. The van der Waals surface area contributed by atoms with Gasteiger partial charge in [0.2, 0.25) is 0 Å². The SMILES string of the molecule is CC(C)[Si](C#Cc1cc(C#C[Si](C(C)C)(C(C)C)C(C)C)cc(Cn2cc(-c3cc(-c4cn(Cc5cc(C#C[Si](C(C)C)(C(C)C)C(C)C)cc(C#C[Si](C(C)C)(C(C)C)C(C)C)c5)nn4)cc(-c4cn(Cc5cc(C#C[Si](C(C)C)(C(C)C)C(C)C)cc(C#C[Si](C(C)C)(C(C)C)C(C)C)c5)nn4)c3)nn2)c1)(C(C)C)C(C)C. The Balaban J connectivity index is 1.43. The Labute approximate surface area is 701 Å². The molecular formula is C99H147N9Si6. The Morgan fingerprint density at radius 2 is 0.351 bits per heavy atom. The first-order valence-corrected chi connectivity index (χ1v) is 57.1. The summed E-state index contributed by atoms with van der Waals surface area (Å²) in [6, 6.07) is 26.7. The standard InChI is InChI=1S/C99H147N9Si6/c1-67(2)109(68(3)4,69(5)6)43-37-85-49-86(38-44-110(70(7)8,71(9)10)72(11)12)53-91(52-85)61-106-64-97(100-103-106)94-58-95(98-65-107(104-101-98)62-92-54-87(39-45-111(73(13)14,74(15)16)75(17)18)50-88(55-92)40-46-112(76(19)20,77(21)22)78(23)24)60-96(59-94)99-66-108(105-102-99)63-93-56-89(41-47-113(79(25)26,80(27)28)81(29)30)51-90(57-93)42-48-114(82(31)32,83(33)34)84(35)36/h49-60,64-84H,61-63H2,1-36H3. The highest BCUT2D eigenvalue weighted by atomic mass is 28.3. The summed E-state index contributed by atoms with van der Waals surface area (Å²) in [5.41, 5.74) is 47.3. The fraction of sp³-hybridized carbons (Fsp3) is 0.576. The highest BCUT2D eigenvalue weighted by Gasteiger charge is 2.47. The smallest absolute Gasteiger partial charge is 0.146 e. The maximum Gasteiger partial charge on any atom is 0.146 e. The molecule has 0 fully saturated rings. The predicted octanol–water partition coefficient (Wildman–Crippen LogP) is 27.0. The molecule has 7 aromatic rings. The van der Waals surface area contributed by atoms with Crippen LogP contribution in [0.3, 0.4) is 0 Å². The minimum atomic E-state index is -2.07. The monoisotopic (exact) mass is 1630 g/mol. The van der Waals surface area contributed by atoms with E-state index in [0.29, 0.717) is 136 Å². The van der Waals surface area contributed by atoms with Crippen LogP contribution in [0.2, 0.25) is 99.7 Å². The molecule has 0 unspecified atom stereocenters. The van der Waals surface area contributed by atoms with Gasteiger partial charge in [0.1, 0.15) is 65.5 Å². The lowest BCUT2D eigenvalue weighted by Crippen LogP contribution is -2.43. The Morgan fingerprint density at radius 3 is 0.482 bits per heavy atom. The third-order valence-electron chi connectivity index (χ3n) is 27.2. The molecule has 3 aromatic heterocycles. The van der Waals surface area contributed by atoms with Gasteiger partial charge in [0.25, 0.3) is 0 Å². The summed E-state index contributed by atoms with van der Waals surface area (Å²) in [6.45, 7) is 87.3. The van der Waals surface area contributed by atoms with Gasteiger partial charge < -0.3 is 0 Å². The minimum Gasteiger partial charge on any atom is -0.247 e. The van der Waals surface area contributed by atoms with Crippen molar-refractivity contribution < 1.29 is 0 Å². The second-order valence-electron chi connectivity index (χ2n) is 39.3. The molecule has 15 heteroatoms. The van der Waals surface area contributed by atoms with E-state index in [1.165, 1.54) is 0 Å². The molecule has 0 saturated heterocycles. The molecule has 0 aliphatic rings. The van der Waals surface area contributed by atoms with Crippen LogP contribution in [0.1, 0.15) is 299 Å². The van der Waals surface area contributed by atoms with Gasteiger partial charge in [0.15, 0.2) is 0 Å². The van der Waals surface area contributed by atoms with Crippen molar-refractivity contribution in [2.75, 3.05) is 0 Å². The molecule has 7 rings (SSSR count). The first-order valence-electron chi connectivity index (χ1n) is 43.7. The average Bonchev–Trinajstić information content (AvgIpc) is 1.52. The molecule has 3 heterocycles. The van der Waals surface area contributed by atoms with Crippen molar-refractivity contribution in [2.45, 2.75) is 369 Å². The first kappa shape index (κ1) is 94.1. The number of rotatable bonds is 27. The van der Waals surface area contributed by atoms with Crippen molar-refractivity contribution in [3.8, 4) is 103 Å². The van der Waals surface area contributed by atoms with E-state index < -0.39 is 48.4 Å². The van der Waals surface area contributed by atoms with Crippen LogP contribution in [0, 0.1) is 68.8 Å². The summed E-state index contributed by atoms with van der Waals surface area (Å²) in [6.07, 6.45) is 6.19. The van der Waals surface area contributed by atoms with E-state index in [9.17, 15) is 0 Å². The zero-order valence-corrected chi connectivity index (χ0v) is 83.7. The summed E-state index contributed by atoms with van der Waals surface area (Å²) in [5.74, 6) is 22.9. The van der Waals surface area contributed by atoms with Gasteiger partial charge in [-0.15, -0.1) is 48.6 Å². The van der Waals surface area contributed by atoms with Gasteiger partial charge in [-0.05, 0) is 189 Å². The second-order valence-corrected chi connectivity index (χ2v) is 72.8. The van der Waals surface area contributed by atoms with E-state index in [-0.39, 0.29) is 0 Å². The molecule has 0 aliphatic heterocycles. The molecule has 114 heavy (non-hydrogen) atoms. The maximum absolute atomic E-state index is 4.99. The van der Waals surface area contributed by atoms with Crippen LogP contribution in [0.25, 0.3) is 33.8 Å². The van der Waals surface area contributed by atoms with Crippen LogP contribution >= 0.6 is 0 Å². The lowest BCUT2D eigenvalue weighted by molar-refractivity contribution is 0.649. The van der Waals surface area contributed by atoms with Gasteiger partial charge in [0, 0.05) is 50.1 Å². The molecule has 0 atom stereocenters. The molecule has 612 valence electrons. The van der Waals surface area contributed by atoms with Gasteiger partial charge in [-0.25, -0.2) is 14.0 Å². The third-order valence-corrected chi connectivity index (χ3v) is 64.9. The molecule has 4 aromatic carbocycles. The zero-order valence-electron chi connectivity index (χ0n) is 77.7. The van der Waals surface area contributed by atoms with Crippen molar-refractivity contribution in [3.63, 3.8) is 0 Å². The molecule has 0 N–H and O–H groups in total. The Hall–Kier alpha value is -7.04. The van der Waals surface area contributed by atoms with Gasteiger partial charge >= 0.3 is 0 Å². The van der Waals surface area contributed by atoms with E-state index >= 15 is 0 Å². The number of nitrogens with zero attached hydrogens (tertiary/aromatic N) is 9. The average molecular weight is 1630 g/mol. The van der Waals surface area contributed by atoms with Crippen LogP contribution in [0.5, 0.6) is 0 Å². The second kappa shape index (κ2) is 39.0. The van der Waals surface area contributed by atoms with Crippen molar-refractivity contribution >= 4 is 48.4 Å². The quantitative estimate of drug-likeness (QED) is 0.0376. The zero-order chi connectivity index (χ0) is 85.2. The molecular weight excluding hydrogens is 1480 g/mol. The Bertz CT molecular complexity index is 4010. The van der Waals surface area contributed by atoms with E-state index in [1.807, 2.05) is 14.0 Å². The molecule has 9 nitrogen and oxygen atoms in total. The largest absolute Gasteiger partial charge is 0.247 e. The summed E-state index contributed by atoms with van der Waals surface area (Å²) in [4.78, 5) is 0. The van der Waals surface area contributed by atoms with Crippen molar-refractivity contribution in [1.82, 2.24) is 45.0 Å². The number of hydrogen-bond acceptors (Lipinski definition) is 6. The topological polar surface area (TPSA) is 92.1 Å². The van der Waals surface area contributed by atoms with Gasteiger partial charge in [-0.1, -0.05) is 300 Å². The van der Waals surface area contributed by atoms with Gasteiger partial charge in [-0.2, -0.15) is 0 Å². The van der Waals surface area contributed by atoms with Crippen LogP contribution in [-0.2, 0) is 19.6 Å². The molecule has 0 saturated carbocycles. The van der Waals surface area contributed by atoms with E-state index in [2.05, 4.69) is 409 Å². The lowest BCUT2D eigenvalue weighted by atomic mass is 10.0. The van der Waals surface area contributed by atoms with E-state index in [1.54, 1.807) is 0 Å². The van der Waals surface area contributed by atoms with E-state index in [4.69, 9.17) is 30.9 Å². The predicted molar refractivity (Wildman–Crippen MR) is 508 cm³/mol. The van der Waals surface area contributed by atoms with Gasteiger partial charge in [-0.3, -0.25) is 0 Å². The van der Waals surface area contributed by atoms with Crippen molar-refractivity contribution in [1.29, 1.82) is 0 Å². The maximum atomic E-state index is 4.99. The lowest BCUT2D eigenvalue weighted by Gasteiger charge is -2.38. The summed E-state index contributed by atoms with van der Waals surface area (Å²) >= 11 is 0. The summed E-state index contributed by atoms with van der Waals surface area (Å²) in [5, 5.41) is 29.7. The molecule has 0 bridgehead atoms. The normalized spacial score (nSPS) is 12.8. The molecule has 0 aliphatic carbocycles. The first-order chi connectivity index (χ1) is 53.2. The Kier molecular flexibility index (Phi) is 32.2. The van der Waals surface area contributed by atoms with Crippen molar-refractivity contribution in [3.05, 3.63) is 141 Å². The fourth-order valence-corrected chi connectivity index (χ4v) is 53.0. The number of benzene rings is 4. The van der Waals surface area contributed by atoms with Crippen LogP contribution in [0.15, 0.2) is 91.4 Å². The molecule has 0 amide bonds. The van der Waals surface area contributed by atoms with Crippen LogP contribution in [-0.4, -0.2) is 93.4 Å². The summed E-state index contributed by atoms with van der Waals surface area (Å²) < 4.78 is 5.87.